The van der Waals surface area contributed by atoms with Gasteiger partial charge in [0.05, 0.1) is 0 Å². The molecular weight excluding hydrogens is 278 g/mol. The van der Waals surface area contributed by atoms with Crippen LogP contribution in [0.1, 0.15) is 29.6 Å². The first-order valence-electron chi connectivity index (χ1n) is 7.22. The van der Waals surface area contributed by atoms with E-state index in [1.807, 2.05) is 54.6 Å². The van der Waals surface area contributed by atoms with E-state index < -0.39 is 0 Å². The summed E-state index contributed by atoms with van der Waals surface area (Å²) in [6, 6.07) is 17.4. The van der Waals surface area contributed by atoms with Gasteiger partial charge >= 0.3 is 0 Å². The Labute approximate surface area is 130 Å². The first-order valence-corrected chi connectivity index (χ1v) is 7.22. The van der Waals surface area contributed by atoms with Crippen molar-refractivity contribution in [3.8, 4) is 11.1 Å². The van der Waals surface area contributed by atoms with Crippen molar-refractivity contribution in [1.82, 2.24) is 5.06 Å². The molecule has 0 saturated carbocycles. The zero-order valence-electron chi connectivity index (χ0n) is 12.5. The molecule has 2 rings (SSSR count). The first kappa shape index (κ1) is 15.9. The van der Waals surface area contributed by atoms with Gasteiger partial charge in [-0.05, 0) is 17.5 Å². The fourth-order valence-corrected chi connectivity index (χ4v) is 2.19. The number of carbonyl (C=O) groups excluding carboxylic acids is 2. The lowest BCUT2D eigenvalue weighted by atomic mass is 10.0. The van der Waals surface area contributed by atoms with Crippen molar-refractivity contribution in [2.75, 3.05) is 7.05 Å². The number of amides is 1. The van der Waals surface area contributed by atoms with Crippen LogP contribution in [-0.4, -0.2) is 29.0 Å². The summed E-state index contributed by atoms with van der Waals surface area (Å²) < 4.78 is 0. The Morgan fingerprint density at radius 1 is 0.909 bits per heavy atom. The average molecular weight is 297 g/mol. The predicted molar refractivity (Wildman–Crippen MR) is 84.6 cm³/mol. The molecule has 0 aliphatic rings. The van der Waals surface area contributed by atoms with Crippen LogP contribution in [0.2, 0.25) is 0 Å². The van der Waals surface area contributed by atoms with Crippen molar-refractivity contribution in [2.45, 2.75) is 19.3 Å². The molecule has 4 heteroatoms. The summed E-state index contributed by atoms with van der Waals surface area (Å²) in [6.07, 6.45) is 0.897. The van der Waals surface area contributed by atoms with E-state index in [9.17, 15) is 9.59 Å². The Morgan fingerprint density at radius 3 is 2.09 bits per heavy atom. The smallest absolute Gasteiger partial charge is 0.245 e. The predicted octanol–water partition coefficient (Wildman–Crippen LogP) is 3.55. The molecule has 0 heterocycles. The Hall–Kier alpha value is -2.46. The number of rotatable bonds is 6. The lowest BCUT2D eigenvalue weighted by Crippen LogP contribution is -2.22. The summed E-state index contributed by atoms with van der Waals surface area (Å²) in [7, 11) is 1.28. The summed E-state index contributed by atoms with van der Waals surface area (Å²) >= 11 is 0. The molecule has 1 amide bonds. The highest BCUT2D eigenvalue weighted by Gasteiger charge is 2.09. The highest BCUT2D eigenvalue weighted by atomic mass is 16.5. The van der Waals surface area contributed by atoms with Crippen molar-refractivity contribution in [2.24, 2.45) is 0 Å². The van der Waals surface area contributed by atoms with Gasteiger partial charge in [0.25, 0.3) is 0 Å². The minimum Gasteiger partial charge on any atom is -0.294 e. The monoisotopic (exact) mass is 297 g/mol. The molecule has 0 aliphatic carbocycles. The molecule has 0 aromatic heterocycles. The number of hydroxylamine groups is 2. The molecule has 22 heavy (non-hydrogen) atoms. The normalized spacial score (nSPS) is 10.3. The summed E-state index contributed by atoms with van der Waals surface area (Å²) in [5.74, 6) is -0.375. The number of hydrogen-bond donors (Lipinski definition) is 1. The summed E-state index contributed by atoms with van der Waals surface area (Å²) in [5.41, 5.74) is 2.82. The fraction of sp³-hybridized carbons (Fsp3) is 0.222. The van der Waals surface area contributed by atoms with Gasteiger partial charge in [-0.25, -0.2) is 5.06 Å². The average Bonchev–Trinajstić information content (AvgIpc) is 2.55. The van der Waals surface area contributed by atoms with E-state index in [0.29, 0.717) is 23.5 Å². The molecule has 0 fully saturated rings. The summed E-state index contributed by atoms with van der Waals surface area (Å²) in [6.45, 7) is 0. The molecule has 0 atom stereocenters. The van der Waals surface area contributed by atoms with Crippen molar-refractivity contribution in [3.63, 3.8) is 0 Å². The maximum atomic E-state index is 12.1. The van der Waals surface area contributed by atoms with Gasteiger partial charge in [-0.3, -0.25) is 14.8 Å². The topological polar surface area (TPSA) is 57.6 Å². The lowest BCUT2D eigenvalue weighted by Gasteiger charge is -2.07. The van der Waals surface area contributed by atoms with Crippen LogP contribution in [0.25, 0.3) is 11.1 Å². The van der Waals surface area contributed by atoms with Crippen LogP contribution < -0.4 is 0 Å². The van der Waals surface area contributed by atoms with Gasteiger partial charge in [0.1, 0.15) is 0 Å². The van der Waals surface area contributed by atoms with Crippen molar-refractivity contribution < 1.29 is 14.8 Å². The molecule has 1 N–H and O–H groups in total. The molecule has 0 bridgehead atoms. The highest BCUT2D eigenvalue weighted by molar-refractivity contribution is 5.96. The maximum absolute atomic E-state index is 12.1. The van der Waals surface area contributed by atoms with Crippen molar-refractivity contribution in [1.29, 1.82) is 0 Å². The Kier molecular flexibility index (Phi) is 5.44. The van der Waals surface area contributed by atoms with Crippen LogP contribution in [0, 0.1) is 0 Å². The van der Waals surface area contributed by atoms with E-state index in [1.165, 1.54) is 7.05 Å². The van der Waals surface area contributed by atoms with Crippen LogP contribution in [0.3, 0.4) is 0 Å². The molecule has 0 spiro atoms. The van der Waals surface area contributed by atoms with Crippen LogP contribution in [0.15, 0.2) is 54.6 Å². The molecule has 2 aromatic carbocycles. The number of hydrogen-bond acceptors (Lipinski definition) is 3. The van der Waals surface area contributed by atoms with Gasteiger partial charge < -0.3 is 0 Å². The Balaban J connectivity index is 1.93. The molecule has 4 nitrogen and oxygen atoms in total. The SMILES string of the molecule is CN(O)C(=O)CCCC(=O)c1ccc(-c2ccccc2)cc1. The standard InChI is InChI=1S/C18H19NO3/c1-19(22)18(21)9-5-8-17(20)16-12-10-15(11-13-16)14-6-3-2-4-7-14/h2-4,6-7,10-13,22H,5,8-9H2,1H3. The fourth-order valence-electron chi connectivity index (χ4n) is 2.19. The lowest BCUT2D eigenvalue weighted by molar-refractivity contribution is -0.159. The van der Waals surface area contributed by atoms with E-state index in [-0.39, 0.29) is 18.1 Å². The van der Waals surface area contributed by atoms with Gasteiger partial charge in [-0.2, -0.15) is 0 Å². The van der Waals surface area contributed by atoms with Crippen molar-refractivity contribution >= 4 is 11.7 Å². The van der Waals surface area contributed by atoms with Crippen molar-refractivity contribution in [3.05, 3.63) is 60.2 Å². The molecule has 114 valence electrons. The van der Waals surface area contributed by atoms with E-state index in [1.54, 1.807) is 0 Å². The Morgan fingerprint density at radius 2 is 1.50 bits per heavy atom. The quantitative estimate of drug-likeness (QED) is 0.504. The number of ketones is 1. The zero-order chi connectivity index (χ0) is 15.9. The van der Waals surface area contributed by atoms with E-state index >= 15 is 0 Å². The minimum atomic E-state index is -0.382. The first-order chi connectivity index (χ1) is 10.6. The molecule has 0 unspecified atom stereocenters. The minimum absolute atomic E-state index is 0.00741. The second kappa shape index (κ2) is 7.52. The number of nitrogens with zero attached hydrogens (tertiary/aromatic N) is 1. The highest BCUT2D eigenvalue weighted by Crippen LogP contribution is 2.20. The second-order valence-corrected chi connectivity index (χ2v) is 5.14. The van der Waals surface area contributed by atoms with Gasteiger partial charge in [0.15, 0.2) is 5.78 Å². The third-order valence-corrected chi connectivity index (χ3v) is 3.47. The van der Waals surface area contributed by atoms with E-state index in [0.717, 1.165) is 11.1 Å². The van der Waals surface area contributed by atoms with Crippen LogP contribution in [0.5, 0.6) is 0 Å². The van der Waals surface area contributed by atoms with Gasteiger partial charge in [0.2, 0.25) is 5.91 Å². The maximum Gasteiger partial charge on any atom is 0.245 e. The number of benzene rings is 2. The summed E-state index contributed by atoms with van der Waals surface area (Å²) in [4.78, 5) is 23.3. The van der Waals surface area contributed by atoms with Crippen LogP contribution in [-0.2, 0) is 4.79 Å². The largest absolute Gasteiger partial charge is 0.294 e. The molecule has 2 aromatic rings. The number of carbonyl (C=O) groups is 2. The van der Waals surface area contributed by atoms with Crippen LogP contribution in [0.4, 0.5) is 0 Å². The summed E-state index contributed by atoms with van der Waals surface area (Å²) in [5, 5.41) is 9.50. The zero-order valence-corrected chi connectivity index (χ0v) is 12.5. The third-order valence-electron chi connectivity index (χ3n) is 3.47. The Bertz CT molecular complexity index is 633. The van der Waals surface area contributed by atoms with Gasteiger partial charge in [0, 0.05) is 25.5 Å². The van der Waals surface area contributed by atoms with E-state index in [2.05, 4.69) is 0 Å². The van der Waals surface area contributed by atoms with E-state index in [4.69, 9.17) is 5.21 Å². The molecule has 0 saturated heterocycles. The van der Waals surface area contributed by atoms with Gasteiger partial charge in [-0.15, -0.1) is 0 Å². The number of Topliss-reactive ketones (excluding diaryl/α,β-unsaturated/α-hetero) is 1. The molecule has 0 aliphatic heterocycles. The molecule has 0 radical (unpaired) electrons. The van der Waals surface area contributed by atoms with Gasteiger partial charge in [-0.1, -0.05) is 54.6 Å². The third kappa shape index (κ3) is 4.27. The molecular formula is C18H19NO3. The second-order valence-electron chi connectivity index (χ2n) is 5.14. The van der Waals surface area contributed by atoms with Crippen LogP contribution >= 0.6 is 0 Å².